The van der Waals surface area contributed by atoms with Crippen molar-refractivity contribution < 1.29 is 9.90 Å². The summed E-state index contributed by atoms with van der Waals surface area (Å²) in [6, 6.07) is 0. The van der Waals surface area contributed by atoms with Crippen LogP contribution in [0.25, 0.3) is 10.0 Å². The zero-order chi connectivity index (χ0) is 12.6. The summed E-state index contributed by atoms with van der Waals surface area (Å²) in [6.07, 6.45) is 1.54. The van der Waals surface area contributed by atoms with E-state index in [1.54, 1.807) is 6.20 Å². The molecule has 0 aromatic carbocycles. The SMILES string of the molecule is CC(C)c1nc(-c2ncc(Cl)s2)sc1C(=O)O. The predicted octanol–water partition coefficient (Wildman–Crippen LogP) is 3.74. The van der Waals surface area contributed by atoms with Gasteiger partial charge in [0, 0.05) is 0 Å². The van der Waals surface area contributed by atoms with E-state index in [0.29, 0.717) is 20.0 Å². The molecule has 2 rings (SSSR count). The molecule has 0 fully saturated rings. The van der Waals surface area contributed by atoms with Crippen LogP contribution >= 0.6 is 34.3 Å². The molecule has 2 aromatic rings. The number of halogens is 1. The molecule has 0 saturated heterocycles. The smallest absolute Gasteiger partial charge is 0.347 e. The van der Waals surface area contributed by atoms with Crippen LogP contribution in [0.5, 0.6) is 0 Å². The summed E-state index contributed by atoms with van der Waals surface area (Å²) < 4.78 is 0.568. The Morgan fingerprint density at radius 2 is 2.12 bits per heavy atom. The van der Waals surface area contributed by atoms with E-state index in [1.165, 1.54) is 11.3 Å². The lowest BCUT2D eigenvalue weighted by Gasteiger charge is -2.00. The van der Waals surface area contributed by atoms with E-state index in [4.69, 9.17) is 16.7 Å². The molecule has 1 N–H and O–H groups in total. The first kappa shape index (κ1) is 12.5. The molecule has 0 radical (unpaired) electrons. The molecule has 2 aromatic heterocycles. The van der Waals surface area contributed by atoms with Crippen molar-refractivity contribution in [3.05, 3.63) is 21.1 Å². The number of carboxylic acid groups (broad SMARTS) is 1. The van der Waals surface area contributed by atoms with Gasteiger partial charge in [0.1, 0.15) is 9.21 Å². The Morgan fingerprint density at radius 3 is 2.53 bits per heavy atom. The number of aromatic carboxylic acids is 1. The van der Waals surface area contributed by atoms with Crippen molar-refractivity contribution in [3.63, 3.8) is 0 Å². The number of thiazole rings is 2. The average molecular weight is 289 g/mol. The van der Waals surface area contributed by atoms with Gasteiger partial charge in [-0.1, -0.05) is 36.8 Å². The highest BCUT2D eigenvalue weighted by molar-refractivity contribution is 7.24. The zero-order valence-corrected chi connectivity index (χ0v) is 11.5. The summed E-state index contributed by atoms with van der Waals surface area (Å²) in [5.41, 5.74) is 0.601. The van der Waals surface area contributed by atoms with Crippen molar-refractivity contribution in [1.29, 1.82) is 0 Å². The second-order valence-electron chi connectivity index (χ2n) is 3.66. The van der Waals surface area contributed by atoms with E-state index in [-0.39, 0.29) is 10.8 Å². The van der Waals surface area contributed by atoms with Gasteiger partial charge in [-0.3, -0.25) is 0 Å². The van der Waals surface area contributed by atoms with Crippen molar-refractivity contribution >= 4 is 40.2 Å². The molecule has 2 heterocycles. The summed E-state index contributed by atoms with van der Waals surface area (Å²) in [6.45, 7) is 3.83. The first-order valence-corrected chi connectivity index (χ1v) is 6.86. The Balaban J connectivity index is 2.50. The largest absolute Gasteiger partial charge is 0.477 e. The topological polar surface area (TPSA) is 63.1 Å². The van der Waals surface area contributed by atoms with Gasteiger partial charge in [-0.2, -0.15) is 0 Å². The van der Waals surface area contributed by atoms with Crippen molar-refractivity contribution in [2.24, 2.45) is 0 Å². The highest BCUT2D eigenvalue weighted by Crippen LogP contribution is 2.34. The maximum Gasteiger partial charge on any atom is 0.347 e. The molecule has 0 atom stereocenters. The third-order valence-electron chi connectivity index (χ3n) is 2.05. The van der Waals surface area contributed by atoms with Gasteiger partial charge in [0.15, 0.2) is 10.0 Å². The minimum atomic E-state index is -0.944. The highest BCUT2D eigenvalue weighted by atomic mass is 35.5. The van der Waals surface area contributed by atoms with Crippen LogP contribution < -0.4 is 0 Å². The fraction of sp³-hybridized carbons (Fsp3) is 0.300. The minimum absolute atomic E-state index is 0.0709. The van der Waals surface area contributed by atoms with Crippen molar-refractivity contribution in [1.82, 2.24) is 9.97 Å². The Bertz CT molecular complexity index is 562. The van der Waals surface area contributed by atoms with Gasteiger partial charge in [0.25, 0.3) is 0 Å². The lowest BCUT2D eigenvalue weighted by molar-refractivity contribution is 0.0700. The van der Waals surface area contributed by atoms with Crippen molar-refractivity contribution in [2.75, 3.05) is 0 Å². The van der Waals surface area contributed by atoms with E-state index < -0.39 is 5.97 Å². The Morgan fingerprint density at radius 1 is 1.41 bits per heavy atom. The van der Waals surface area contributed by atoms with Gasteiger partial charge in [-0.15, -0.1) is 11.3 Å². The molecule has 0 amide bonds. The van der Waals surface area contributed by atoms with Crippen LogP contribution in [0.1, 0.15) is 35.1 Å². The number of hydrogen-bond acceptors (Lipinski definition) is 5. The second-order valence-corrected chi connectivity index (χ2v) is 6.32. The third kappa shape index (κ3) is 2.48. The Hall–Kier alpha value is -0.980. The molecule has 0 aliphatic rings. The number of carbonyl (C=O) groups is 1. The summed E-state index contributed by atoms with van der Waals surface area (Å²) in [4.78, 5) is 19.8. The first-order chi connectivity index (χ1) is 7.99. The van der Waals surface area contributed by atoms with E-state index in [0.717, 1.165) is 11.3 Å². The highest BCUT2D eigenvalue weighted by Gasteiger charge is 2.21. The average Bonchev–Trinajstić information content (AvgIpc) is 2.82. The summed E-state index contributed by atoms with van der Waals surface area (Å²) >= 11 is 8.24. The third-order valence-corrected chi connectivity index (χ3v) is 4.37. The van der Waals surface area contributed by atoms with E-state index in [2.05, 4.69) is 9.97 Å². The van der Waals surface area contributed by atoms with Gasteiger partial charge < -0.3 is 5.11 Å². The van der Waals surface area contributed by atoms with Crippen LogP contribution in [-0.2, 0) is 0 Å². The number of hydrogen-bond donors (Lipinski definition) is 1. The minimum Gasteiger partial charge on any atom is -0.477 e. The molecule has 17 heavy (non-hydrogen) atoms. The quantitative estimate of drug-likeness (QED) is 0.934. The van der Waals surface area contributed by atoms with Crippen molar-refractivity contribution in [3.8, 4) is 10.0 Å². The van der Waals surface area contributed by atoms with E-state index >= 15 is 0 Å². The fourth-order valence-electron chi connectivity index (χ4n) is 1.32. The van der Waals surface area contributed by atoms with Crippen LogP contribution in [0.15, 0.2) is 6.20 Å². The van der Waals surface area contributed by atoms with Gasteiger partial charge in [-0.05, 0) is 5.92 Å². The molecule has 7 heteroatoms. The van der Waals surface area contributed by atoms with E-state index in [1.807, 2.05) is 13.8 Å². The monoisotopic (exact) mass is 288 g/mol. The zero-order valence-electron chi connectivity index (χ0n) is 9.10. The summed E-state index contributed by atoms with van der Waals surface area (Å²) in [5.74, 6) is -0.873. The maximum absolute atomic E-state index is 11.1. The van der Waals surface area contributed by atoms with Crippen LogP contribution in [0, 0.1) is 0 Å². The standard InChI is InChI=1S/C10H9ClN2O2S2/c1-4(2)6-7(10(14)15)17-9(13-6)8-12-3-5(11)16-8/h3-4H,1-2H3,(H,14,15). The van der Waals surface area contributed by atoms with Gasteiger partial charge in [0.05, 0.1) is 11.9 Å². The lowest BCUT2D eigenvalue weighted by Crippen LogP contribution is -2.00. The molecule has 0 aliphatic carbocycles. The number of nitrogens with zero attached hydrogens (tertiary/aromatic N) is 2. The summed E-state index contributed by atoms with van der Waals surface area (Å²) in [5, 5.41) is 10.4. The van der Waals surface area contributed by atoms with Crippen molar-refractivity contribution in [2.45, 2.75) is 19.8 Å². The summed E-state index contributed by atoms with van der Waals surface area (Å²) in [7, 11) is 0. The second kappa shape index (κ2) is 4.72. The Kier molecular flexibility index (Phi) is 3.46. The molecule has 90 valence electrons. The van der Waals surface area contributed by atoms with Gasteiger partial charge >= 0.3 is 5.97 Å². The number of rotatable bonds is 3. The number of aromatic nitrogens is 2. The molecule has 0 bridgehead atoms. The maximum atomic E-state index is 11.1. The van der Waals surface area contributed by atoms with Gasteiger partial charge in [-0.25, -0.2) is 14.8 Å². The molecule has 0 unspecified atom stereocenters. The van der Waals surface area contributed by atoms with Crippen LogP contribution in [0.4, 0.5) is 0 Å². The van der Waals surface area contributed by atoms with Crippen LogP contribution in [0.3, 0.4) is 0 Å². The number of carboxylic acids is 1. The van der Waals surface area contributed by atoms with E-state index in [9.17, 15) is 4.79 Å². The van der Waals surface area contributed by atoms with Crippen LogP contribution in [0.2, 0.25) is 4.34 Å². The normalized spacial score (nSPS) is 11.1. The molecule has 0 aliphatic heterocycles. The molecular weight excluding hydrogens is 280 g/mol. The molecule has 0 spiro atoms. The first-order valence-electron chi connectivity index (χ1n) is 4.84. The fourth-order valence-corrected chi connectivity index (χ4v) is 3.32. The molecule has 4 nitrogen and oxygen atoms in total. The Labute approximate surface area is 111 Å². The van der Waals surface area contributed by atoms with Gasteiger partial charge in [0.2, 0.25) is 0 Å². The van der Waals surface area contributed by atoms with Crippen LogP contribution in [-0.4, -0.2) is 21.0 Å². The lowest BCUT2D eigenvalue weighted by atomic mass is 10.1. The molecular formula is C10H9ClN2O2S2. The predicted molar refractivity (Wildman–Crippen MR) is 69.3 cm³/mol. The molecule has 0 saturated carbocycles.